The number of amides is 2. The van der Waals surface area contributed by atoms with Crippen LogP contribution in [0.5, 0.6) is 0 Å². The molecule has 0 radical (unpaired) electrons. The lowest BCUT2D eigenvalue weighted by molar-refractivity contribution is -0.124. The first-order chi connectivity index (χ1) is 11.7. The topological polar surface area (TPSA) is 64.4 Å². The summed E-state index contributed by atoms with van der Waals surface area (Å²) >= 11 is 0. The Hall–Kier alpha value is -2.47. The van der Waals surface area contributed by atoms with Crippen molar-refractivity contribution in [1.82, 2.24) is 9.78 Å². The van der Waals surface area contributed by atoms with Gasteiger partial charge in [0.25, 0.3) is 0 Å². The Morgan fingerprint density at radius 3 is 2.50 bits per heavy atom. The van der Waals surface area contributed by atoms with Crippen LogP contribution in [0.4, 0.5) is 5.69 Å². The summed E-state index contributed by atoms with van der Waals surface area (Å²) in [5, 5.41) is 4.20. The fraction of sp³-hybridized carbons (Fsp3) is 0.389. The number of rotatable bonds is 3. The van der Waals surface area contributed by atoms with Crippen molar-refractivity contribution in [3.05, 3.63) is 48.3 Å². The van der Waals surface area contributed by atoms with Crippen molar-refractivity contribution in [2.75, 3.05) is 4.90 Å². The largest absolute Gasteiger partial charge is 0.373 e. The summed E-state index contributed by atoms with van der Waals surface area (Å²) in [5.41, 5.74) is 1.66. The molecule has 0 saturated carbocycles. The number of nitrogens with zero attached hydrogens (tertiary/aromatic N) is 3. The van der Waals surface area contributed by atoms with E-state index in [1.807, 2.05) is 41.2 Å². The minimum absolute atomic E-state index is 0.0753. The lowest BCUT2D eigenvalue weighted by Crippen LogP contribution is -2.34. The van der Waals surface area contributed by atoms with Gasteiger partial charge in [0.05, 0.1) is 36.3 Å². The van der Waals surface area contributed by atoms with Crippen LogP contribution in [0.2, 0.25) is 0 Å². The van der Waals surface area contributed by atoms with Crippen LogP contribution in [-0.4, -0.2) is 33.8 Å². The van der Waals surface area contributed by atoms with E-state index in [9.17, 15) is 9.59 Å². The highest BCUT2D eigenvalue weighted by atomic mass is 16.5. The molecule has 0 unspecified atom stereocenters. The van der Waals surface area contributed by atoms with Gasteiger partial charge in [0.2, 0.25) is 11.8 Å². The molecular formula is C18H17N3O3. The molecule has 0 N–H and O–H groups in total. The zero-order valence-corrected chi connectivity index (χ0v) is 13.0. The number of aromatic nitrogens is 2. The van der Waals surface area contributed by atoms with Gasteiger partial charge in [-0.3, -0.25) is 14.3 Å². The van der Waals surface area contributed by atoms with Gasteiger partial charge in [-0.1, -0.05) is 12.1 Å². The summed E-state index contributed by atoms with van der Waals surface area (Å²) in [7, 11) is 0. The Kier molecular flexibility index (Phi) is 2.91. The summed E-state index contributed by atoms with van der Waals surface area (Å²) < 4.78 is 7.59. The molecular weight excluding hydrogens is 306 g/mol. The molecule has 3 aliphatic rings. The van der Waals surface area contributed by atoms with Crippen LogP contribution in [0, 0.1) is 11.8 Å². The average Bonchev–Trinajstić information content (AvgIpc) is 3.33. The van der Waals surface area contributed by atoms with E-state index >= 15 is 0 Å². The molecule has 0 aliphatic carbocycles. The molecule has 1 aromatic carbocycles. The predicted octanol–water partition coefficient (Wildman–Crippen LogP) is 1.60. The van der Waals surface area contributed by atoms with E-state index in [4.69, 9.17) is 4.74 Å². The highest BCUT2D eigenvalue weighted by Gasteiger charge is 2.62. The second-order valence-electron chi connectivity index (χ2n) is 6.73. The molecule has 6 heteroatoms. The van der Waals surface area contributed by atoms with Crippen molar-refractivity contribution in [1.29, 1.82) is 0 Å². The van der Waals surface area contributed by atoms with Crippen LogP contribution in [-0.2, 0) is 20.9 Å². The minimum atomic E-state index is -0.286. The Bertz CT molecular complexity index is 789. The van der Waals surface area contributed by atoms with Crippen LogP contribution in [0.15, 0.2) is 42.7 Å². The van der Waals surface area contributed by atoms with Crippen molar-refractivity contribution in [3.63, 3.8) is 0 Å². The Balaban J connectivity index is 1.46. The first kappa shape index (κ1) is 13.9. The van der Waals surface area contributed by atoms with Crippen LogP contribution >= 0.6 is 0 Å². The summed E-state index contributed by atoms with van der Waals surface area (Å²) in [6.45, 7) is 0.609. The Labute approximate surface area is 139 Å². The molecule has 4 atom stereocenters. The van der Waals surface area contributed by atoms with Gasteiger partial charge in [0, 0.05) is 12.4 Å². The fourth-order valence-corrected chi connectivity index (χ4v) is 4.34. The first-order valence-corrected chi connectivity index (χ1v) is 8.32. The third kappa shape index (κ3) is 1.89. The van der Waals surface area contributed by atoms with Gasteiger partial charge in [-0.15, -0.1) is 0 Å². The number of anilines is 1. The Morgan fingerprint density at radius 1 is 1.08 bits per heavy atom. The van der Waals surface area contributed by atoms with Crippen molar-refractivity contribution >= 4 is 17.5 Å². The van der Waals surface area contributed by atoms with Gasteiger partial charge in [0.1, 0.15) is 0 Å². The van der Waals surface area contributed by atoms with Gasteiger partial charge in [-0.25, -0.2) is 4.90 Å². The highest BCUT2D eigenvalue weighted by Crippen LogP contribution is 2.49. The van der Waals surface area contributed by atoms with E-state index in [-0.39, 0.29) is 35.9 Å². The number of imide groups is 1. The molecule has 3 aliphatic heterocycles. The van der Waals surface area contributed by atoms with Crippen molar-refractivity contribution < 1.29 is 14.3 Å². The van der Waals surface area contributed by atoms with E-state index in [0.717, 1.165) is 18.4 Å². The lowest BCUT2D eigenvalue weighted by Gasteiger charge is -2.18. The molecule has 2 bridgehead atoms. The normalized spacial score (nSPS) is 31.1. The van der Waals surface area contributed by atoms with E-state index in [1.165, 1.54) is 4.90 Å². The Morgan fingerprint density at radius 2 is 1.83 bits per heavy atom. The molecule has 3 fully saturated rings. The zero-order chi connectivity index (χ0) is 16.3. The number of carbonyl (C=O) groups is 2. The number of ether oxygens (including phenoxy) is 1. The van der Waals surface area contributed by atoms with Crippen LogP contribution in [0.1, 0.15) is 18.4 Å². The van der Waals surface area contributed by atoms with E-state index < -0.39 is 0 Å². The van der Waals surface area contributed by atoms with Crippen LogP contribution in [0.3, 0.4) is 0 Å². The SMILES string of the molecule is O=C1[C@@H]2[C@@H](C(=O)N1c1cccc(Cn3cccn3)c1)[C@H]1CC[C@@H]2O1. The third-order valence-electron chi connectivity index (χ3n) is 5.36. The summed E-state index contributed by atoms with van der Waals surface area (Å²) in [6, 6.07) is 9.46. The van der Waals surface area contributed by atoms with Gasteiger partial charge in [0.15, 0.2) is 0 Å². The molecule has 3 saturated heterocycles. The zero-order valence-electron chi connectivity index (χ0n) is 13.0. The van der Waals surface area contributed by atoms with Crippen molar-refractivity contribution in [3.8, 4) is 0 Å². The number of benzene rings is 1. The van der Waals surface area contributed by atoms with E-state index in [0.29, 0.717) is 12.2 Å². The molecule has 5 rings (SSSR count). The molecule has 1 aromatic heterocycles. The maximum absolute atomic E-state index is 12.8. The van der Waals surface area contributed by atoms with Crippen LogP contribution in [0.25, 0.3) is 0 Å². The van der Waals surface area contributed by atoms with Gasteiger partial charge >= 0.3 is 0 Å². The highest BCUT2D eigenvalue weighted by molar-refractivity contribution is 6.22. The smallest absolute Gasteiger partial charge is 0.240 e. The van der Waals surface area contributed by atoms with E-state index in [2.05, 4.69) is 5.10 Å². The third-order valence-corrected chi connectivity index (χ3v) is 5.36. The molecule has 4 heterocycles. The second-order valence-corrected chi connectivity index (χ2v) is 6.73. The van der Waals surface area contributed by atoms with Gasteiger partial charge < -0.3 is 4.74 Å². The van der Waals surface area contributed by atoms with Crippen molar-refractivity contribution in [2.45, 2.75) is 31.6 Å². The lowest BCUT2D eigenvalue weighted by atomic mass is 9.81. The second kappa shape index (κ2) is 5.01. The van der Waals surface area contributed by atoms with E-state index in [1.54, 1.807) is 6.20 Å². The number of hydrogen-bond acceptors (Lipinski definition) is 4. The summed E-state index contributed by atoms with van der Waals surface area (Å²) in [5.74, 6) is -0.779. The average molecular weight is 323 g/mol. The summed E-state index contributed by atoms with van der Waals surface area (Å²) in [4.78, 5) is 27.0. The molecule has 2 amide bonds. The maximum atomic E-state index is 12.8. The molecule has 122 valence electrons. The molecule has 2 aromatic rings. The first-order valence-electron chi connectivity index (χ1n) is 8.32. The standard InChI is InChI=1S/C18H17N3O3/c22-17-15-13-5-6-14(24-13)16(15)18(23)21(17)12-4-1-3-11(9-12)10-20-8-2-7-19-20/h1-4,7-9,13-16H,5-6,10H2/t13-,14+,15-,16-/m0/s1. The number of fused-ring (bicyclic) bond motifs is 5. The minimum Gasteiger partial charge on any atom is -0.373 e. The van der Waals surface area contributed by atoms with Gasteiger partial charge in [-0.05, 0) is 36.6 Å². The predicted molar refractivity (Wildman–Crippen MR) is 85.1 cm³/mol. The molecule has 24 heavy (non-hydrogen) atoms. The quantitative estimate of drug-likeness (QED) is 0.805. The molecule has 0 spiro atoms. The number of hydrogen-bond donors (Lipinski definition) is 0. The van der Waals surface area contributed by atoms with Gasteiger partial charge in [-0.2, -0.15) is 5.10 Å². The summed E-state index contributed by atoms with van der Waals surface area (Å²) in [6.07, 6.45) is 5.24. The van der Waals surface area contributed by atoms with Crippen LogP contribution < -0.4 is 4.90 Å². The maximum Gasteiger partial charge on any atom is 0.240 e. The van der Waals surface area contributed by atoms with Crippen molar-refractivity contribution in [2.24, 2.45) is 11.8 Å². The number of carbonyl (C=O) groups excluding carboxylic acids is 2. The molecule has 6 nitrogen and oxygen atoms in total. The monoisotopic (exact) mass is 323 g/mol. The fourth-order valence-electron chi connectivity index (χ4n) is 4.34.